The van der Waals surface area contributed by atoms with E-state index in [9.17, 15) is 0 Å². The summed E-state index contributed by atoms with van der Waals surface area (Å²) in [4.78, 5) is 21.4. The van der Waals surface area contributed by atoms with Gasteiger partial charge in [0.05, 0.1) is 13.2 Å². The molecule has 9 aliphatic heterocycles. The molecule has 0 bridgehead atoms. The second-order valence-corrected chi connectivity index (χ2v) is 24.3. The quantitative estimate of drug-likeness (QED) is 0.251. The lowest BCUT2D eigenvalue weighted by Gasteiger charge is -2.26. The molecule has 11 heteroatoms. The minimum Gasteiger partial charge on any atom is -0.379 e. The standard InChI is InChI=1S/4C7H15N.3C6H13N.C5H11NO.C5H11N.C5H7N/c4*1-7-3-5-8(2)6-4-7;3*1-7-5-3-2-4-6-7;1-6-2-4-7-5-3-6;2*1-6-4-2-3-5-6/h4*7H,3-6H2,1-2H3;3*2-6H2,1H3;2-5H2,1H3;2-5H2,1H3;2-5H,1H3. The normalized spacial score (nSPS) is 24.4. The highest BCUT2D eigenvalue weighted by Gasteiger charge is 2.14. The number of rotatable bonds is 0. The van der Waals surface area contributed by atoms with Crippen LogP contribution >= 0.6 is 0 Å². The van der Waals surface area contributed by atoms with Crippen LogP contribution < -0.4 is 0 Å². The van der Waals surface area contributed by atoms with E-state index in [0.29, 0.717) is 0 Å². The van der Waals surface area contributed by atoms with Crippen LogP contribution in [-0.4, -0.2) is 243 Å². The van der Waals surface area contributed by atoms with Gasteiger partial charge in [-0.25, -0.2) is 0 Å². The Bertz CT molecular complexity index is 1030. The minimum absolute atomic E-state index is 0.913. The highest BCUT2D eigenvalue weighted by atomic mass is 16.5. The summed E-state index contributed by atoms with van der Waals surface area (Å²) >= 11 is 0. The van der Waals surface area contributed by atoms with Crippen LogP contribution in [0.4, 0.5) is 0 Å². The third-order valence-corrected chi connectivity index (χ3v) is 16.1. The maximum absolute atomic E-state index is 5.10. The van der Waals surface area contributed by atoms with Crippen molar-refractivity contribution in [1.29, 1.82) is 0 Å². The van der Waals surface area contributed by atoms with Crippen LogP contribution in [0.25, 0.3) is 0 Å². The number of aromatic nitrogens is 1. The largest absolute Gasteiger partial charge is 0.379 e. The Hall–Kier alpha value is -1.12. The van der Waals surface area contributed by atoms with E-state index in [4.69, 9.17) is 4.74 Å². The Morgan fingerprint density at radius 1 is 0.250 bits per heavy atom. The lowest BCUT2D eigenvalue weighted by molar-refractivity contribution is 0.0503. The van der Waals surface area contributed by atoms with E-state index < -0.39 is 0 Å². The van der Waals surface area contributed by atoms with Crippen molar-refractivity contribution in [1.82, 2.24) is 48.7 Å². The van der Waals surface area contributed by atoms with Crippen molar-refractivity contribution in [3.05, 3.63) is 24.5 Å². The summed E-state index contributed by atoms with van der Waals surface area (Å²) in [5.74, 6) is 3.91. The molecule has 0 amide bonds. The van der Waals surface area contributed by atoms with E-state index in [1.54, 1.807) is 0 Å². The molecule has 0 spiro atoms. The lowest BCUT2D eigenvalue weighted by Crippen LogP contribution is -2.32. The van der Waals surface area contributed by atoms with Gasteiger partial charge in [-0.3, -0.25) is 0 Å². The summed E-state index contributed by atoms with van der Waals surface area (Å²) in [6.45, 7) is 34.4. The number of piperidine rings is 7. The summed E-state index contributed by atoms with van der Waals surface area (Å²) in [6.07, 6.45) is 30.8. The number of aryl methyl sites for hydroxylation is 1. The smallest absolute Gasteiger partial charge is 0.0594 e. The molecule has 10 rings (SSSR count). The molecule has 0 aromatic carbocycles. The number of hydrogen-bond donors (Lipinski definition) is 0. The zero-order valence-corrected chi connectivity index (χ0v) is 51.1. The Morgan fingerprint density at radius 2 is 0.431 bits per heavy atom. The number of nitrogens with zero attached hydrogens (tertiary/aromatic N) is 10. The van der Waals surface area contributed by atoms with Gasteiger partial charge in [-0.1, -0.05) is 47.0 Å². The second kappa shape index (κ2) is 46.0. The summed E-state index contributed by atoms with van der Waals surface area (Å²) in [6, 6.07) is 4.00. The van der Waals surface area contributed by atoms with Gasteiger partial charge in [-0.2, -0.15) is 0 Å². The molecule has 0 atom stereocenters. The minimum atomic E-state index is 0.913. The summed E-state index contributed by atoms with van der Waals surface area (Å²) in [5.41, 5.74) is 0. The average Bonchev–Trinajstić information content (AvgIpc) is 4.09. The Labute approximate surface area is 451 Å². The highest BCUT2D eigenvalue weighted by molar-refractivity contribution is 4.88. The Morgan fingerprint density at radius 3 is 0.542 bits per heavy atom. The third kappa shape index (κ3) is 44.1. The van der Waals surface area contributed by atoms with Crippen LogP contribution in [0.15, 0.2) is 24.5 Å². The first-order valence-electron chi connectivity index (χ1n) is 30.3. The molecule has 1 aromatic heterocycles. The van der Waals surface area contributed by atoms with Crippen LogP contribution in [0.1, 0.15) is 150 Å². The molecule has 0 N–H and O–H groups in total. The molecule has 0 radical (unpaired) electrons. The summed E-state index contributed by atoms with van der Waals surface area (Å²) < 4.78 is 7.10. The highest BCUT2D eigenvalue weighted by Crippen LogP contribution is 2.16. The summed E-state index contributed by atoms with van der Waals surface area (Å²) in [5, 5.41) is 0. The third-order valence-electron chi connectivity index (χ3n) is 16.1. The van der Waals surface area contributed by atoms with E-state index in [1.165, 1.54) is 227 Å². The van der Waals surface area contributed by atoms with E-state index in [0.717, 1.165) is 50.0 Å². The molecule has 0 aliphatic carbocycles. The van der Waals surface area contributed by atoms with Gasteiger partial charge in [0.1, 0.15) is 0 Å². The summed E-state index contributed by atoms with van der Waals surface area (Å²) in [7, 11) is 21.7. The van der Waals surface area contributed by atoms with Crippen LogP contribution in [0.2, 0.25) is 0 Å². The van der Waals surface area contributed by atoms with Crippen LogP contribution in [0.5, 0.6) is 0 Å². The zero-order valence-electron chi connectivity index (χ0n) is 51.1. The molecule has 428 valence electrons. The first kappa shape index (κ1) is 68.9. The van der Waals surface area contributed by atoms with Gasteiger partial charge in [-0.05, 0) is 307 Å². The van der Waals surface area contributed by atoms with E-state index >= 15 is 0 Å². The SMILES string of the molecule is CC1CCN(C)CC1.CC1CCN(C)CC1.CC1CCN(C)CC1.CC1CCN(C)CC1.CN1CCCC1.CN1CCCCC1.CN1CCCCC1.CN1CCCCC1.CN1CCOCC1.Cn1cccc1. The molecule has 9 fully saturated rings. The lowest BCUT2D eigenvalue weighted by atomic mass is 10.00. The fraction of sp³-hybridized carbons (Fsp3) is 0.934. The Kier molecular flexibility index (Phi) is 44.0. The van der Waals surface area contributed by atoms with Crippen molar-refractivity contribution in [2.24, 2.45) is 30.7 Å². The number of ether oxygens (including phenoxy) is 1. The molecular weight excluding hydrogens is 889 g/mol. The molecule has 1 aromatic rings. The van der Waals surface area contributed by atoms with Crippen molar-refractivity contribution < 1.29 is 4.74 Å². The maximum Gasteiger partial charge on any atom is 0.0594 e. The molecular formula is C61H128N10O. The molecule has 0 unspecified atom stereocenters. The first-order valence-corrected chi connectivity index (χ1v) is 30.3. The van der Waals surface area contributed by atoms with Crippen LogP contribution in [-0.2, 0) is 11.8 Å². The first-order chi connectivity index (χ1) is 34.5. The van der Waals surface area contributed by atoms with Crippen molar-refractivity contribution in [2.75, 3.05) is 194 Å². The van der Waals surface area contributed by atoms with Gasteiger partial charge < -0.3 is 53.4 Å². The molecule has 0 saturated carbocycles. The molecule has 9 aliphatic rings. The van der Waals surface area contributed by atoms with E-state index in [2.05, 4.69) is 135 Å². The van der Waals surface area contributed by atoms with Crippen molar-refractivity contribution in [3.63, 3.8) is 0 Å². The molecule has 10 heterocycles. The molecule has 72 heavy (non-hydrogen) atoms. The predicted octanol–water partition coefficient (Wildman–Crippen LogP) is 10.4. The molecule has 9 saturated heterocycles. The van der Waals surface area contributed by atoms with Gasteiger partial charge in [0, 0.05) is 32.5 Å². The van der Waals surface area contributed by atoms with Crippen LogP contribution in [0.3, 0.4) is 0 Å². The predicted molar refractivity (Wildman–Crippen MR) is 318 cm³/mol. The van der Waals surface area contributed by atoms with Gasteiger partial charge in [0.2, 0.25) is 0 Å². The average molecular weight is 1020 g/mol. The zero-order chi connectivity index (χ0) is 53.2. The number of hydrogen-bond acceptors (Lipinski definition) is 10. The number of likely N-dealkylation sites (tertiary alicyclic amines) is 8. The topological polar surface area (TPSA) is 43.3 Å². The number of morpholine rings is 1. The fourth-order valence-corrected chi connectivity index (χ4v) is 9.66. The van der Waals surface area contributed by atoms with E-state index in [1.807, 2.05) is 36.1 Å². The van der Waals surface area contributed by atoms with Crippen molar-refractivity contribution in [2.45, 2.75) is 150 Å². The molecule has 11 nitrogen and oxygen atoms in total. The monoisotopic (exact) mass is 1020 g/mol. The fourth-order valence-electron chi connectivity index (χ4n) is 9.66. The van der Waals surface area contributed by atoms with Gasteiger partial charge in [0.15, 0.2) is 0 Å². The van der Waals surface area contributed by atoms with Gasteiger partial charge in [0.25, 0.3) is 0 Å². The van der Waals surface area contributed by atoms with Crippen LogP contribution in [0, 0.1) is 23.7 Å². The van der Waals surface area contributed by atoms with Crippen molar-refractivity contribution >= 4 is 0 Å². The van der Waals surface area contributed by atoms with Gasteiger partial charge >= 0.3 is 0 Å². The maximum atomic E-state index is 5.10. The second-order valence-electron chi connectivity index (χ2n) is 24.3. The van der Waals surface area contributed by atoms with E-state index in [-0.39, 0.29) is 0 Å². The Balaban J connectivity index is 0.000000401. The van der Waals surface area contributed by atoms with Gasteiger partial charge in [-0.15, -0.1) is 0 Å². The number of likely N-dealkylation sites (N-methyl/N-ethyl adjacent to an activating group) is 1. The van der Waals surface area contributed by atoms with Crippen molar-refractivity contribution in [3.8, 4) is 0 Å².